The highest BCUT2D eigenvalue weighted by Crippen LogP contribution is 2.36. The fourth-order valence-electron chi connectivity index (χ4n) is 4.24. The van der Waals surface area contributed by atoms with Crippen LogP contribution in [0.2, 0.25) is 5.02 Å². The molecule has 0 aliphatic carbocycles. The number of amides is 4. The second-order valence-electron chi connectivity index (χ2n) is 9.10. The van der Waals surface area contributed by atoms with Crippen LogP contribution in [-0.4, -0.2) is 24.5 Å². The number of hydrogen-bond acceptors (Lipinski definition) is 5. The van der Waals surface area contributed by atoms with Crippen molar-refractivity contribution in [2.75, 3.05) is 11.5 Å². The number of aryl methyl sites for hydroxylation is 2. The highest BCUT2D eigenvalue weighted by Gasteiger charge is 2.37. The second kappa shape index (κ2) is 12.0. The molecule has 0 atom stereocenters. The molecular weight excluding hydrogens is 516 g/mol. The maximum atomic E-state index is 13.4. The number of rotatable bonds is 9. The molecule has 1 N–H and O–H groups in total. The normalized spacial score (nSPS) is 14.4. The lowest BCUT2D eigenvalue weighted by molar-refractivity contribution is -0.122. The quantitative estimate of drug-likeness (QED) is 0.193. The molecule has 0 bridgehead atoms. The van der Waals surface area contributed by atoms with Crippen molar-refractivity contribution in [1.82, 2.24) is 5.32 Å². The van der Waals surface area contributed by atoms with E-state index in [-0.39, 0.29) is 11.3 Å². The molecule has 1 fully saturated rings. The van der Waals surface area contributed by atoms with Gasteiger partial charge in [-0.2, -0.15) is 0 Å². The highest BCUT2D eigenvalue weighted by atomic mass is 35.5. The topological polar surface area (TPSA) is 84.9 Å². The Kier molecular flexibility index (Phi) is 8.52. The summed E-state index contributed by atoms with van der Waals surface area (Å²) < 4.78 is 12.1. The van der Waals surface area contributed by atoms with Crippen LogP contribution < -0.4 is 19.7 Å². The third-order valence-corrected chi connectivity index (χ3v) is 6.52. The van der Waals surface area contributed by atoms with E-state index < -0.39 is 17.8 Å². The van der Waals surface area contributed by atoms with E-state index in [0.717, 1.165) is 27.2 Å². The smallest absolute Gasteiger partial charge is 0.335 e. The number of urea groups is 1. The molecule has 1 saturated heterocycles. The molecule has 0 radical (unpaired) electrons. The van der Waals surface area contributed by atoms with Gasteiger partial charge in [0.15, 0.2) is 11.5 Å². The number of benzene rings is 3. The molecule has 39 heavy (non-hydrogen) atoms. The van der Waals surface area contributed by atoms with Gasteiger partial charge < -0.3 is 9.47 Å². The van der Waals surface area contributed by atoms with Crippen molar-refractivity contribution in [3.05, 3.63) is 106 Å². The largest absolute Gasteiger partial charge is 0.490 e. The predicted molar refractivity (Wildman–Crippen MR) is 152 cm³/mol. The van der Waals surface area contributed by atoms with Gasteiger partial charge in [0.25, 0.3) is 11.8 Å². The number of hydrogen-bond donors (Lipinski definition) is 1. The molecule has 0 unspecified atom stereocenters. The monoisotopic (exact) mass is 544 g/mol. The lowest BCUT2D eigenvalue weighted by atomic mass is 10.0. The number of nitrogens with one attached hydrogen (secondary N) is 1. The van der Waals surface area contributed by atoms with Gasteiger partial charge in [-0.1, -0.05) is 53.6 Å². The number of nitrogens with zero attached hydrogens (tertiary/aromatic N) is 1. The number of imide groups is 2. The first-order valence-corrected chi connectivity index (χ1v) is 12.9. The molecule has 1 aliphatic rings. The van der Waals surface area contributed by atoms with Gasteiger partial charge in [0.1, 0.15) is 12.2 Å². The van der Waals surface area contributed by atoms with Crippen LogP contribution in [0.4, 0.5) is 10.5 Å². The summed E-state index contributed by atoms with van der Waals surface area (Å²) in [5, 5.41) is 2.64. The summed E-state index contributed by atoms with van der Waals surface area (Å²) in [5.74, 6) is -0.515. The Bertz CT molecular complexity index is 1490. The van der Waals surface area contributed by atoms with Gasteiger partial charge in [-0.05, 0) is 74.2 Å². The molecule has 4 rings (SSSR count). The van der Waals surface area contributed by atoms with E-state index in [1.54, 1.807) is 24.3 Å². The molecule has 0 aromatic heterocycles. The fourth-order valence-corrected chi connectivity index (χ4v) is 4.41. The van der Waals surface area contributed by atoms with Crippen molar-refractivity contribution in [2.24, 2.45) is 0 Å². The van der Waals surface area contributed by atoms with Crippen LogP contribution in [0.5, 0.6) is 11.5 Å². The average molecular weight is 545 g/mol. The van der Waals surface area contributed by atoms with Crippen LogP contribution in [0.3, 0.4) is 0 Å². The molecule has 200 valence electrons. The molecule has 0 saturated carbocycles. The first-order chi connectivity index (χ1) is 18.7. The molecule has 0 spiro atoms. The number of barbiturate groups is 1. The van der Waals surface area contributed by atoms with Crippen molar-refractivity contribution < 1.29 is 23.9 Å². The van der Waals surface area contributed by atoms with Crippen molar-refractivity contribution in [1.29, 1.82) is 0 Å². The number of halogens is 1. The Morgan fingerprint density at radius 2 is 1.82 bits per heavy atom. The fraction of sp³-hybridized carbons (Fsp3) is 0.194. The maximum absolute atomic E-state index is 13.4. The van der Waals surface area contributed by atoms with Crippen molar-refractivity contribution in [3.8, 4) is 11.5 Å². The number of carbonyl (C=O) groups is 3. The van der Waals surface area contributed by atoms with Gasteiger partial charge in [-0.15, -0.1) is 6.58 Å². The first kappa shape index (κ1) is 27.7. The molecule has 3 aromatic rings. The molecule has 3 aromatic carbocycles. The Balaban J connectivity index is 1.72. The number of ether oxygens (including phenoxy) is 2. The van der Waals surface area contributed by atoms with Crippen LogP contribution >= 0.6 is 11.6 Å². The lowest BCUT2D eigenvalue weighted by Gasteiger charge is -2.26. The summed E-state index contributed by atoms with van der Waals surface area (Å²) in [7, 11) is 0. The van der Waals surface area contributed by atoms with Gasteiger partial charge >= 0.3 is 6.03 Å². The Hall–Kier alpha value is -4.36. The van der Waals surface area contributed by atoms with Gasteiger partial charge in [0.2, 0.25) is 0 Å². The summed E-state index contributed by atoms with van der Waals surface area (Å²) in [4.78, 5) is 39.6. The van der Waals surface area contributed by atoms with E-state index in [4.69, 9.17) is 21.1 Å². The maximum Gasteiger partial charge on any atom is 0.335 e. The summed E-state index contributed by atoms with van der Waals surface area (Å²) in [5.41, 5.74) is 4.30. The van der Waals surface area contributed by atoms with Gasteiger partial charge in [0.05, 0.1) is 12.3 Å². The van der Waals surface area contributed by atoms with Crippen LogP contribution in [0.1, 0.15) is 34.7 Å². The molecule has 8 heteroatoms. The summed E-state index contributed by atoms with van der Waals surface area (Å²) in [6.07, 6.45) is 3.64. The van der Waals surface area contributed by atoms with E-state index in [0.29, 0.717) is 41.7 Å². The highest BCUT2D eigenvalue weighted by molar-refractivity contribution is 6.39. The third-order valence-electron chi connectivity index (χ3n) is 6.11. The first-order valence-electron chi connectivity index (χ1n) is 12.5. The van der Waals surface area contributed by atoms with E-state index in [1.165, 1.54) is 12.1 Å². The number of anilines is 1. The standard InChI is InChI=1S/C31H29ClN2O5/c1-5-8-23-14-22(16-27(38-6-2)28(23)39-18-21-10-7-9-19(3)13-21)15-25-29(35)33-31(37)34(30(25)36)24-12-11-20(4)26(32)17-24/h5,7,9-17H,1,6,8,18H2,2-4H3,(H,33,35,37)/b25-15-. The minimum atomic E-state index is -0.843. The molecule has 1 heterocycles. The van der Waals surface area contributed by atoms with Gasteiger partial charge in [-0.3, -0.25) is 14.9 Å². The molecular formula is C31H29ClN2O5. The zero-order valence-electron chi connectivity index (χ0n) is 22.0. The SMILES string of the molecule is C=CCc1cc(/C=C2/C(=O)NC(=O)N(c3ccc(C)c(Cl)c3)C2=O)cc(OCC)c1OCc1cccc(C)c1. The van der Waals surface area contributed by atoms with Crippen LogP contribution in [-0.2, 0) is 22.6 Å². The molecule has 7 nitrogen and oxygen atoms in total. The Morgan fingerprint density at radius 3 is 2.51 bits per heavy atom. The minimum absolute atomic E-state index is 0.202. The second-order valence-corrected chi connectivity index (χ2v) is 9.51. The molecule has 4 amide bonds. The van der Waals surface area contributed by atoms with E-state index in [2.05, 4.69) is 11.9 Å². The van der Waals surface area contributed by atoms with Crippen molar-refractivity contribution >= 4 is 41.2 Å². The van der Waals surface area contributed by atoms with Crippen molar-refractivity contribution in [2.45, 2.75) is 33.8 Å². The average Bonchev–Trinajstić information content (AvgIpc) is 2.88. The van der Waals surface area contributed by atoms with Crippen LogP contribution in [0.15, 0.2) is 72.8 Å². The summed E-state index contributed by atoms with van der Waals surface area (Å²) >= 11 is 6.22. The Morgan fingerprint density at radius 1 is 1.03 bits per heavy atom. The third kappa shape index (κ3) is 6.21. The molecule has 1 aliphatic heterocycles. The minimum Gasteiger partial charge on any atom is -0.490 e. The number of carbonyl (C=O) groups excluding carboxylic acids is 3. The van der Waals surface area contributed by atoms with E-state index >= 15 is 0 Å². The summed E-state index contributed by atoms with van der Waals surface area (Å²) in [6, 6.07) is 15.5. The predicted octanol–water partition coefficient (Wildman–Crippen LogP) is 6.33. The number of allylic oxidation sites excluding steroid dienone is 1. The summed E-state index contributed by atoms with van der Waals surface area (Å²) in [6.45, 7) is 10.3. The lowest BCUT2D eigenvalue weighted by Crippen LogP contribution is -2.54. The van der Waals surface area contributed by atoms with E-state index in [1.807, 2.05) is 51.1 Å². The van der Waals surface area contributed by atoms with Gasteiger partial charge in [-0.25, -0.2) is 9.69 Å². The van der Waals surface area contributed by atoms with Crippen LogP contribution in [0, 0.1) is 13.8 Å². The zero-order chi connectivity index (χ0) is 28.1. The Labute approximate surface area is 232 Å². The van der Waals surface area contributed by atoms with Crippen molar-refractivity contribution in [3.63, 3.8) is 0 Å². The van der Waals surface area contributed by atoms with Gasteiger partial charge in [0, 0.05) is 10.6 Å². The zero-order valence-corrected chi connectivity index (χ0v) is 22.8. The van der Waals surface area contributed by atoms with E-state index in [9.17, 15) is 14.4 Å². The van der Waals surface area contributed by atoms with Crippen LogP contribution in [0.25, 0.3) is 6.08 Å².